The van der Waals surface area contributed by atoms with Gasteiger partial charge >= 0.3 is 0 Å². The number of hydrogen-bond acceptors (Lipinski definition) is 7. The van der Waals surface area contributed by atoms with Gasteiger partial charge in [0.05, 0.1) is 49.1 Å². The molecule has 1 amide bonds. The van der Waals surface area contributed by atoms with Crippen LogP contribution in [0.15, 0.2) is 11.8 Å². The van der Waals surface area contributed by atoms with Crippen molar-refractivity contribution in [1.82, 2.24) is 20.0 Å². The highest BCUT2D eigenvalue weighted by Gasteiger charge is 2.60. The fourth-order valence-electron chi connectivity index (χ4n) is 9.13. The number of hydrogen-bond donors (Lipinski definition) is 1. The summed E-state index contributed by atoms with van der Waals surface area (Å²) < 4.78 is 28.3. The second-order valence-electron chi connectivity index (χ2n) is 13.1. The van der Waals surface area contributed by atoms with Gasteiger partial charge in [-0.15, -0.1) is 0 Å². The van der Waals surface area contributed by atoms with E-state index < -0.39 is 18.1 Å². The number of carbonyl (C=O) groups excluding carboxylic acids is 2. The molecule has 9 atom stereocenters. The molecule has 0 aromatic carbocycles. The standard InChI is InChI=1S/C30H45FN4O4/c31-23-17-21-27-29(25(23)32-9-12-33-10-3-4-11-33)39-24-8-7-19-5-1-2-6-20(19)26(24)35(27)18-22(28(21)36)30(37)34-13-15-38-16-14-34/h18-21,23-27,29,32H,1-17H2. The summed E-state index contributed by atoms with van der Waals surface area (Å²) in [5, 5.41) is 3.55. The lowest BCUT2D eigenvalue weighted by atomic mass is 9.63. The molecule has 6 fully saturated rings. The quantitative estimate of drug-likeness (QED) is 0.532. The summed E-state index contributed by atoms with van der Waals surface area (Å²) in [5.41, 5.74) is 0.253. The average molecular weight is 545 g/mol. The minimum atomic E-state index is -1.18. The lowest BCUT2D eigenvalue weighted by Crippen LogP contribution is -2.74. The van der Waals surface area contributed by atoms with Crippen LogP contribution >= 0.6 is 0 Å². The third-order valence-corrected chi connectivity index (χ3v) is 11.0. The SMILES string of the molecule is O=C1C(C(=O)N2CCOCC2)=CN2C3C(CCC4CCCCC43)OC3C(NCCN4CCCC4)C(F)CC1C32. The van der Waals surface area contributed by atoms with Crippen molar-refractivity contribution in [3.8, 4) is 0 Å². The highest BCUT2D eigenvalue weighted by atomic mass is 19.1. The number of alkyl halides is 1. The molecule has 216 valence electrons. The Bertz CT molecular complexity index is 967. The Balaban J connectivity index is 1.20. The van der Waals surface area contributed by atoms with Crippen molar-refractivity contribution in [2.75, 3.05) is 52.5 Å². The fraction of sp³-hybridized carbons (Fsp3) is 0.867. The first-order valence-electron chi connectivity index (χ1n) is 15.8. The number of nitrogens with zero attached hydrogens (tertiary/aromatic N) is 3. The molecule has 7 rings (SSSR count). The van der Waals surface area contributed by atoms with Crippen molar-refractivity contribution in [1.29, 1.82) is 0 Å². The number of Topliss-reactive ketones (excluding diaryl/α,β-unsaturated/α-hetero) is 1. The first-order chi connectivity index (χ1) is 19.1. The van der Waals surface area contributed by atoms with Gasteiger partial charge in [0.25, 0.3) is 5.91 Å². The van der Waals surface area contributed by atoms with Crippen molar-refractivity contribution in [2.24, 2.45) is 17.8 Å². The van der Waals surface area contributed by atoms with Crippen LogP contribution in [0.4, 0.5) is 4.39 Å². The van der Waals surface area contributed by atoms with Gasteiger partial charge in [-0.05, 0) is 63.5 Å². The molecular formula is C30H45FN4O4. The maximum Gasteiger partial charge on any atom is 0.259 e. The van der Waals surface area contributed by atoms with Crippen LogP contribution < -0.4 is 5.32 Å². The third-order valence-electron chi connectivity index (χ3n) is 11.0. The summed E-state index contributed by atoms with van der Waals surface area (Å²) in [6.45, 7) is 5.86. The summed E-state index contributed by atoms with van der Waals surface area (Å²) in [7, 11) is 0. The Hall–Kier alpha value is -1.55. The van der Waals surface area contributed by atoms with Crippen LogP contribution in [-0.4, -0.2) is 115 Å². The van der Waals surface area contributed by atoms with Gasteiger partial charge < -0.3 is 29.5 Å². The molecule has 0 aromatic rings. The molecule has 39 heavy (non-hydrogen) atoms. The number of carbonyl (C=O) groups is 2. The average Bonchev–Trinajstić information content (AvgIpc) is 3.49. The Morgan fingerprint density at radius 1 is 1.00 bits per heavy atom. The molecule has 3 aliphatic carbocycles. The summed E-state index contributed by atoms with van der Waals surface area (Å²) in [6.07, 6.45) is 10.1. The molecule has 4 heterocycles. The largest absolute Gasteiger partial charge is 0.378 e. The minimum absolute atomic E-state index is 0.0172. The smallest absolute Gasteiger partial charge is 0.259 e. The molecular weight excluding hydrogens is 499 g/mol. The van der Waals surface area contributed by atoms with Crippen LogP contribution in [0.3, 0.4) is 0 Å². The molecule has 8 nitrogen and oxygen atoms in total. The van der Waals surface area contributed by atoms with E-state index in [0.717, 1.165) is 39.0 Å². The summed E-state index contributed by atoms with van der Waals surface area (Å²) in [4.78, 5) is 34.2. The first kappa shape index (κ1) is 26.4. The van der Waals surface area contributed by atoms with E-state index in [2.05, 4.69) is 15.1 Å². The molecule has 9 heteroatoms. The number of morpholine rings is 2. The van der Waals surface area contributed by atoms with Gasteiger partial charge in [0.15, 0.2) is 5.78 Å². The lowest BCUT2D eigenvalue weighted by Gasteiger charge is -2.62. The highest BCUT2D eigenvalue weighted by Crippen LogP contribution is 2.51. The third kappa shape index (κ3) is 4.75. The van der Waals surface area contributed by atoms with Gasteiger partial charge in [0.1, 0.15) is 6.17 Å². The normalized spacial score (nSPS) is 42.4. The van der Waals surface area contributed by atoms with Gasteiger partial charge in [0.2, 0.25) is 0 Å². The van der Waals surface area contributed by atoms with Crippen LogP contribution in [-0.2, 0) is 19.1 Å². The Morgan fingerprint density at radius 3 is 2.62 bits per heavy atom. The second kappa shape index (κ2) is 11.0. The summed E-state index contributed by atoms with van der Waals surface area (Å²) in [5.74, 6) is 0.243. The van der Waals surface area contributed by atoms with Gasteiger partial charge in [-0.3, -0.25) is 9.59 Å². The molecule has 0 radical (unpaired) electrons. The monoisotopic (exact) mass is 544 g/mol. The fourth-order valence-corrected chi connectivity index (χ4v) is 9.13. The van der Waals surface area contributed by atoms with Crippen molar-refractivity contribution in [3.63, 3.8) is 0 Å². The number of halogens is 1. The molecule has 0 aromatic heterocycles. The number of likely N-dealkylation sites (tertiary alicyclic amines) is 1. The minimum Gasteiger partial charge on any atom is -0.378 e. The Morgan fingerprint density at radius 2 is 1.79 bits per heavy atom. The predicted molar refractivity (Wildman–Crippen MR) is 144 cm³/mol. The lowest BCUT2D eigenvalue weighted by molar-refractivity contribution is -0.215. The van der Waals surface area contributed by atoms with Crippen molar-refractivity contribution in [2.45, 2.75) is 94.3 Å². The van der Waals surface area contributed by atoms with E-state index in [0.29, 0.717) is 38.1 Å². The van der Waals surface area contributed by atoms with Crippen molar-refractivity contribution < 1.29 is 23.5 Å². The number of fused-ring (bicyclic) bond motifs is 4. The van der Waals surface area contributed by atoms with Crippen LogP contribution in [0.2, 0.25) is 0 Å². The molecule has 1 N–H and O–H groups in total. The van der Waals surface area contributed by atoms with E-state index in [4.69, 9.17) is 9.47 Å². The second-order valence-corrected chi connectivity index (χ2v) is 13.1. The number of amides is 1. The van der Waals surface area contributed by atoms with Gasteiger partial charge in [0, 0.05) is 38.3 Å². The van der Waals surface area contributed by atoms with Crippen LogP contribution in [0.25, 0.3) is 0 Å². The van der Waals surface area contributed by atoms with E-state index in [1.165, 1.54) is 38.5 Å². The molecule has 0 bridgehead atoms. The summed E-state index contributed by atoms with van der Waals surface area (Å²) in [6, 6.07) is -0.481. The number of nitrogens with one attached hydrogen (secondary N) is 1. The van der Waals surface area contributed by atoms with Crippen molar-refractivity contribution >= 4 is 11.7 Å². The molecule has 3 saturated carbocycles. The molecule has 7 aliphatic rings. The highest BCUT2D eigenvalue weighted by molar-refractivity contribution is 6.20. The topological polar surface area (TPSA) is 74.3 Å². The number of ketones is 1. The number of rotatable bonds is 5. The van der Waals surface area contributed by atoms with Gasteiger partial charge in [-0.25, -0.2) is 4.39 Å². The van der Waals surface area contributed by atoms with Crippen LogP contribution in [0.5, 0.6) is 0 Å². The maximum atomic E-state index is 16.0. The van der Waals surface area contributed by atoms with E-state index in [1.54, 1.807) is 4.90 Å². The zero-order valence-electron chi connectivity index (χ0n) is 23.1. The van der Waals surface area contributed by atoms with E-state index in [1.807, 2.05) is 6.20 Å². The molecule has 4 aliphatic heterocycles. The zero-order valence-corrected chi connectivity index (χ0v) is 23.1. The Kier molecular flexibility index (Phi) is 7.45. The van der Waals surface area contributed by atoms with Gasteiger partial charge in [-0.1, -0.05) is 19.3 Å². The molecule has 3 saturated heterocycles. The van der Waals surface area contributed by atoms with E-state index >= 15 is 4.39 Å². The van der Waals surface area contributed by atoms with Crippen molar-refractivity contribution in [3.05, 3.63) is 11.8 Å². The van der Waals surface area contributed by atoms with E-state index in [-0.39, 0.29) is 48.0 Å². The van der Waals surface area contributed by atoms with Crippen LogP contribution in [0, 0.1) is 17.8 Å². The molecule has 9 unspecified atom stereocenters. The summed E-state index contributed by atoms with van der Waals surface area (Å²) >= 11 is 0. The first-order valence-corrected chi connectivity index (χ1v) is 15.8. The maximum absolute atomic E-state index is 16.0. The van der Waals surface area contributed by atoms with Crippen LogP contribution in [0.1, 0.15) is 57.8 Å². The number of ether oxygens (including phenoxy) is 2. The van der Waals surface area contributed by atoms with Gasteiger partial charge in [-0.2, -0.15) is 0 Å². The molecule has 0 spiro atoms. The predicted octanol–water partition coefficient (Wildman–Crippen LogP) is 2.13. The van der Waals surface area contributed by atoms with E-state index in [9.17, 15) is 9.59 Å². The zero-order chi connectivity index (χ0) is 26.5. The Labute approximate surface area is 231 Å².